The zero-order valence-electron chi connectivity index (χ0n) is 17.5. The first-order valence-corrected chi connectivity index (χ1v) is 12.5. The number of benzene rings is 1. The van der Waals surface area contributed by atoms with Crippen LogP contribution in [0.1, 0.15) is 32.1 Å². The fraction of sp³-hybridized carbons (Fsp3) is 0.429. The summed E-state index contributed by atoms with van der Waals surface area (Å²) in [4.78, 5) is 16.6. The molecule has 166 valence electrons. The molecule has 10 heteroatoms. The third-order valence-electron chi connectivity index (χ3n) is 5.27. The number of carbonyl (C=O) groups is 1. The highest BCUT2D eigenvalue weighted by molar-refractivity contribution is 7.99. The number of fused-ring (bicyclic) bond motifs is 1. The average molecular weight is 464 g/mol. The number of anilines is 1. The molecule has 0 saturated heterocycles. The molecule has 0 atom stereocenters. The van der Waals surface area contributed by atoms with Crippen LogP contribution in [0.4, 0.5) is 5.69 Å². The van der Waals surface area contributed by atoms with Gasteiger partial charge in [0.05, 0.1) is 10.8 Å². The normalized spacial score (nSPS) is 17.1. The molecule has 31 heavy (non-hydrogen) atoms. The number of amides is 1. The van der Waals surface area contributed by atoms with Gasteiger partial charge in [-0.3, -0.25) is 4.79 Å². The number of hydrogen-bond donors (Lipinski definition) is 1. The van der Waals surface area contributed by atoms with Crippen LogP contribution in [-0.4, -0.2) is 49.2 Å². The molecule has 0 unspecified atom stereocenters. The lowest BCUT2D eigenvalue weighted by Gasteiger charge is -2.31. The fourth-order valence-corrected chi connectivity index (χ4v) is 5.11. The summed E-state index contributed by atoms with van der Waals surface area (Å²) < 4.78 is 37.5. The second kappa shape index (κ2) is 8.68. The summed E-state index contributed by atoms with van der Waals surface area (Å²) in [5.41, 5.74) is 0.640. The third kappa shape index (κ3) is 4.81. The Kier molecular flexibility index (Phi) is 6.14. The maximum absolute atomic E-state index is 12.4. The molecule has 1 amide bonds. The van der Waals surface area contributed by atoms with E-state index >= 15 is 0 Å². The van der Waals surface area contributed by atoms with Crippen LogP contribution in [0.2, 0.25) is 0 Å². The second-order valence-corrected chi connectivity index (χ2v) is 10.9. The first-order chi connectivity index (χ1) is 14.8. The lowest BCUT2D eigenvalue weighted by molar-refractivity contribution is -0.113. The molecule has 1 aliphatic heterocycles. The van der Waals surface area contributed by atoms with Gasteiger partial charge in [0.15, 0.2) is 11.5 Å². The molecular formula is C21H25N3O5S2. The number of nitrogens with one attached hydrogen (secondary N) is 1. The van der Waals surface area contributed by atoms with E-state index in [-0.39, 0.29) is 16.6 Å². The van der Waals surface area contributed by atoms with Crippen LogP contribution in [0.5, 0.6) is 11.5 Å². The molecule has 0 radical (unpaired) electrons. The predicted octanol–water partition coefficient (Wildman–Crippen LogP) is 3.49. The van der Waals surface area contributed by atoms with E-state index in [2.05, 4.69) is 10.3 Å². The molecule has 1 aromatic carbocycles. The van der Waals surface area contributed by atoms with E-state index in [1.165, 1.54) is 44.5 Å². The first-order valence-electron chi connectivity index (χ1n) is 10.1. The Morgan fingerprint density at radius 1 is 1.13 bits per heavy atom. The van der Waals surface area contributed by atoms with Gasteiger partial charge in [-0.25, -0.2) is 17.7 Å². The van der Waals surface area contributed by atoms with Crippen molar-refractivity contribution in [2.45, 2.75) is 47.8 Å². The SMILES string of the molecule is CN(C)S(=O)(=O)c1ccc(SCC(=O)Nc2ccc3c(c2)OC2(CCCCC2)O3)nc1. The monoisotopic (exact) mass is 463 g/mol. The summed E-state index contributed by atoms with van der Waals surface area (Å²) in [6.07, 6.45) is 6.43. The number of thioether (sulfide) groups is 1. The molecule has 1 N–H and O–H groups in total. The summed E-state index contributed by atoms with van der Waals surface area (Å²) in [5, 5.41) is 3.43. The van der Waals surface area contributed by atoms with Gasteiger partial charge in [-0.1, -0.05) is 18.2 Å². The van der Waals surface area contributed by atoms with Crippen molar-refractivity contribution in [2.75, 3.05) is 25.2 Å². The number of hydrogen-bond acceptors (Lipinski definition) is 7. The summed E-state index contributed by atoms with van der Waals surface area (Å²) in [5.74, 6) is 0.781. The van der Waals surface area contributed by atoms with Crippen molar-refractivity contribution in [1.82, 2.24) is 9.29 Å². The summed E-state index contributed by atoms with van der Waals surface area (Å²) in [7, 11) is -0.590. The summed E-state index contributed by atoms with van der Waals surface area (Å²) in [6, 6.07) is 8.50. The molecule has 1 aliphatic carbocycles. The van der Waals surface area contributed by atoms with Gasteiger partial charge in [0.25, 0.3) is 5.79 Å². The van der Waals surface area contributed by atoms with E-state index in [1.807, 2.05) is 6.07 Å². The Morgan fingerprint density at radius 2 is 1.87 bits per heavy atom. The van der Waals surface area contributed by atoms with Crippen LogP contribution in [0.25, 0.3) is 0 Å². The lowest BCUT2D eigenvalue weighted by atomic mass is 9.94. The molecule has 0 bridgehead atoms. The number of aromatic nitrogens is 1. The van der Waals surface area contributed by atoms with Gasteiger partial charge in [-0.2, -0.15) is 0 Å². The van der Waals surface area contributed by atoms with Crippen LogP contribution >= 0.6 is 11.8 Å². The molecule has 2 aromatic rings. The van der Waals surface area contributed by atoms with Crippen molar-refractivity contribution in [1.29, 1.82) is 0 Å². The summed E-state index contributed by atoms with van der Waals surface area (Å²) in [6.45, 7) is 0. The van der Waals surface area contributed by atoms with Crippen molar-refractivity contribution < 1.29 is 22.7 Å². The number of carbonyl (C=O) groups excluding carboxylic acids is 1. The molecular weight excluding hydrogens is 438 g/mol. The van der Waals surface area contributed by atoms with Crippen molar-refractivity contribution in [3.63, 3.8) is 0 Å². The Bertz CT molecular complexity index is 1060. The topological polar surface area (TPSA) is 97.8 Å². The van der Waals surface area contributed by atoms with Crippen molar-refractivity contribution in [2.24, 2.45) is 0 Å². The number of ether oxygens (including phenoxy) is 2. The Labute approximate surface area is 186 Å². The minimum absolute atomic E-state index is 0.113. The van der Waals surface area contributed by atoms with Crippen LogP contribution in [-0.2, 0) is 14.8 Å². The zero-order valence-corrected chi connectivity index (χ0v) is 19.1. The Balaban J connectivity index is 1.33. The lowest BCUT2D eigenvalue weighted by Crippen LogP contribution is -2.40. The number of nitrogens with zero attached hydrogens (tertiary/aromatic N) is 2. The number of sulfonamides is 1. The maximum atomic E-state index is 12.4. The largest absolute Gasteiger partial charge is 0.448 e. The van der Waals surface area contributed by atoms with Gasteiger partial charge in [0.1, 0.15) is 4.90 Å². The van der Waals surface area contributed by atoms with Gasteiger partial charge in [-0.05, 0) is 37.1 Å². The van der Waals surface area contributed by atoms with Crippen LogP contribution in [0.15, 0.2) is 46.5 Å². The molecule has 1 aromatic heterocycles. The van der Waals surface area contributed by atoms with Gasteiger partial charge in [-0.15, -0.1) is 0 Å². The van der Waals surface area contributed by atoms with Gasteiger partial charge >= 0.3 is 0 Å². The fourth-order valence-electron chi connectivity index (χ4n) is 3.62. The Morgan fingerprint density at radius 3 is 2.55 bits per heavy atom. The highest BCUT2D eigenvalue weighted by Crippen LogP contribution is 2.46. The van der Waals surface area contributed by atoms with Gasteiger partial charge in [0, 0.05) is 44.9 Å². The van der Waals surface area contributed by atoms with Gasteiger partial charge in [0.2, 0.25) is 15.9 Å². The van der Waals surface area contributed by atoms with E-state index in [0.717, 1.165) is 30.0 Å². The maximum Gasteiger partial charge on any atom is 0.251 e. The quantitative estimate of drug-likeness (QED) is 0.655. The average Bonchev–Trinajstić information content (AvgIpc) is 3.09. The van der Waals surface area contributed by atoms with Crippen LogP contribution in [0.3, 0.4) is 0 Å². The predicted molar refractivity (Wildman–Crippen MR) is 118 cm³/mol. The van der Waals surface area contributed by atoms with Crippen molar-refractivity contribution >= 4 is 33.4 Å². The van der Waals surface area contributed by atoms with Crippen molar-refractivity contribution in [3.8, 4) is 11.5 Å². The van der Waals surface area contributed by atoms with E-state index in [4.69, 9.17) is 9.47 Å². The first kappa shape index (κ1) is 21.9. The van der Waals surface area contributed by atoms with E-state index < -0.39 is 15.8 Å². The molecule has 4 rings (SSSR count). The van der Waals surface area contributed by atoms with Crippen LogP contribution in [0, 0.1) is 0 Å². The zero-order chi connectivity index (χ0) is 22.1. The van der Waals surface area contributed by atoms with Crippen LogP contribution < -0.4 is 14.8 Å². The Hall–Kier alpha value is -2.30. The summed E-state index contributed by atoms with van der Waals surface area (Å²) >= 11 is 1.23. The molecule has 2 heterocycles. The molecule has 1 saturated carbocycles. The second-order valence-electron chi connectivity index (χ2n) is 7.79. The van der Waals surface area contributed by atoms with Crippen molar-refractivity contribution in [3.05, 3.63) is 36.5 Å². The third-order valence-corrected chi connectivity index (χ3v) is 8.02. The number of rotatable bonds is 6. The molecule has 1 fully saturated rings. The molecule has 1 spiro atoms. The minimum Gasteiger partial charge on any atom is -0.448 e. The van der Waals surface area contributed by atoms with E-state index in [0.29, 0.717) is 22.2 Å². The van der Waals surface area contributed by atoms with E-state index in [1.54, 1.807) is 18.2 Å². The highest BCUT2D eigenvalue weighted by Gasteiger charge is 2.42. The molecule has 2 aliphatic rings. The van der Waals surface area contributed by atoms with Gasteiger partial charge < -0.3 is 14.8 Å². The van der Waals surface area contributed by atoms with E-state index in [9.17, 15) is 13.2 Å². The highest BCUT2D eigenvalue weighted by atomic mass is 32.2. The molecule has 8 nitrogen and oxygen atoms in total. The minimum atomic E-state index is -3.52. The number of pyridine rings is 1. The smallest absolute Gasteiger partial charge is 0.251 e. The standard InChI is InChI=1S/C21H25N3O5S2/c1-24(2)31(26,27)16-7-9-20(22-13-16)30-14-19(25)23-15-6-8-17-18(12-15)29-21(28-17)10-4-3-5-11-21/h6-9,12-13H,3-5,10-11,14H2,1-2H3,(H,23,25).